The topological polar surface area (TPSA) is 20.3 Å². The van der Waals surface area contributed by atoms with E-state index in [9.17, 15) is 4.79 Å². The number of piperidine rings is 1. The molecule has 4 heteroatoms. The maximum atomic E-state index is 12.5. The SMILES string of the molecule is CCC[C@@H]1[C@H](C)CCCN1C(=O)c1ccc(Cl)s1. The van der Waals surface area contributed by atoms with Gasteiger partial charge in [0.05, 0.1) is 9.21 Å². The van der Waals surface area contributed by atoms with Gasteiger partial charge in [0.1, 0.15) is 0 Å². The fraction of sp³-hybridized carbons (Fsp3) is 0.643. The van der Waals surface area contributed by atoms with Crippen LogP contribution in [0.25, 0.3) is 0 Å². The number of halogens is 1. The molecule has 0 spiro atoms. The Morgan fingerprint density at radius 2 is 2.33 bits per heavy atom. The molecule has 100 valence electrons. The quantitative estimate of drug-likeness (QED) is 0.804. The van der Waals surface area contributed by atoms with Crippen molar-refractivity contribution in [1.29, 1.82) is 0 Å². The Morgan fingerprint density at radius 1 is 1.56 bits per heavy atom. The minimum Gasteiger partial charge on any atom is -0.335 e. The number of hydrogen-bond acceptors (Lipinski definition) is 2. The van der Waals surface area contributed by atoms with E-state index in [1.807, 2.05) is 12.1 Å². The molecule has 0 bridgehead atoms. The van der Waals surface area contributed by atoms with Gasteiger partial charge < -0.3 is 4.90 Å². The van der Waals surface area contributed by atoms with Crippen molar-refractivity contribution in [3.63, 3.8) is 0 Å². The second-order valence-corrected chi connectivity index (χ2v) is 6.79. The van der Waals surface area contributed by atoms with Crippen LogP contribution in [0, 0.1) is 5.92 Å². The number of amides is 1. The van der Waals surface area contributed by atoms with E-state index in [1.165, 1.54) is 17.8 Å². The number of likely N-dealkylation sites (tertiary alicyclic amines) is 1. The van der Waals surface area contributed by atoms with E-state index in [1.54, 1.807) is 0 Å². The molecule has 2 nitrogen and oxygen atoms in total. The highest BCUT2D eigenvalue weighted by atomic mass is 35.5. The molecule has 0 saturated carbocycles. The van der Waals surface area contributed by atoms with Crippen LogP contribution >= 0.6 is 22.9 Å². The van der Waals surface area contributed by atoms with Gasteiger partial charge in [0.2, 0.25) is 0 Å². The Balaban J connectivity index is 2.16. The van der Waals surface area contributed by atoms with Crippen molar-refractivity contribution in [2.45, 2.75) is 45.6 Å². The highest BCUT2D eigenvalue weighted by Crippen LogP contribution is 2.30. The van der Waals surface area contributed by atoms with Gasteiger partial charge in [-0.15, -0.1) is 11.3 Å². The molecular formula is C14H20ClNOS. The minimum absolute atomic E-state index is 0.164. The summed E-state index contributed by atoms with van der Waals surface area (Å²) in [5.41, 5.74) is 0. The summed E-state index contributed by atoms with van der Waals surface area (Å²) in [6.45, 7) is 5.34. The Labute approximate surface area is 118 Å². The highest BCUT2D eigenvalue weighted by Gasteiger charge is 2.32. The number of carbonyl (C=O) groups is 1. The van der Waals surface area contributed by atoms with Gasteiger partial charge in [-0.05, 0) is 37.3 Å². The summed E-state index contributed by atoms with van der Waals surface area (Å²) >= 11 is 7.30. The summed E-state index contributed by atoms with van der Waals surface area (Å²) in [6, 6.07) is 4.05. The van der Waals surface area contributed by atoms with Crippen molar-refractivity contribution in [1.82, 2.24) is 4.90 Å². The molecule has 1 amide bonds. The second kappa shape index (κ2) is 6.07. The molecule has 1 fully saturated rings. The van der Waals surface area contributed by atoms with Gasteiger partial charge in [0.25, 0.3) is 5.91 Å². The zero-order chi connectivity index (χ0) is 13.1. The molecule has 1 saturated heterocycles. The van der Waals surface area contributed by atoms with Crippen LogP contribution in [0.4, 0.5) is 0 Å². The number of carbonyl (C=O) groups excluding carboxylic acids is 1. The molecule has 0 N–H and O–H groups in total. The maximum Gasteiger partial charge on any atom is 0.264 e. The van der Waals surface area contributed by atoms with Crippen LogP contribution in [0.15, 0.2) is 12.1 Å². The molecular weight excluding hydrogens is 266 g/mol. The van der Waals surface area contributed by atoms with Crippen molar-refractivity contribution in [2.75, 3.05) is 6.54 Å². The first-order valence-electron chi connectivity index (χ1n) is 6.69. The first kappa shape index (κ1) is 13.9. The third-order valence-electron chi connectivity index (χ3n) is 3.74. The predicted molar refractivity (Wildman–Crippen MR) is 77.5 cm³/mol. The van der Waals surface area contributed by atoms with Crippen LogP contribution in [0.2, 0.25) is 4.34 Å². The van der Waals surface area contributed by atoms with Gasteiger partial charge in [-0.2, -0.15) is 0 Å². The molecule has 1 aliphatic heterocycles. The summed E-state index contributed by atoms with van der Waals surface area (Å²) in [5, 5.41) is 0. The third-order valence-corrected chi connectivity index (χ3v) is 4.96. The number of nitrogens with zero attached hydrogens (tertiary/aromatic N) is 1. The first-order chi connectivity index (χ1) is 8.63. The average Bonchev–Trinajstić information content (AvgIpc) is 2.78. The van der Waals surface area contributed by atoms with E-state index < -0.39 is 0 Å². The van der Waals surface area contributed by atoms with Crippen molar-refractivity contribution < 1.29 is 4.79 Å². The van der Waals surface area contributed by atoms with Crippen LogP contribution in [-0.2, 0) is 0 Å². The molecule has 1 aliphatic rings. The van der Waals surface area contributed by atoms with Crippen LogP contribution in [0.3, 0.4) is 0 Å². The number of thiophene rings is 1. The zero-order valence-corrected chi connectivity index (χ0v) is 12.6. The Hall–Kier alpha value is -0.540. The lowest BCUT2D eigenvalue weighted by atomic mass is 9.88. The normalized spacial score (nSPS) is 24.3. The third kappa shape index (κ3) is 2.89. The molecule has 18 heavy (non-hydrogen) atoms. The Morgan fingerprint density at radius 3 is 2.94 bits per heavy atom. The summed E-state index contributed by atoms with van der Waals surface area (Å²) in [5.74, 6) is 0.773. The van der Waals surface area contributed by atoms with Gasteiger partial charge in [0, 0.05) is 12.6 Å². The molecule has 0 radical (unpaired) electrons. The van der Waals surface area contributed by atoms with Gasteiger partial charge in [-0.3, -0.25) is 4.79 Å². The maximum absolute atomic E-state index is 12.5. The van der Waals surface area contributed by atoms with Crippen LogP contribution in [-0.4, -0.2) is 23.4 Å². The lowest BCUT2D eigenvalue weighted by Crippen LogP contribution is -2.47. The smallest absolute Gasteiger partial charge is 0.264 e. The molecule has 0 unspecified atom stereocenters. The molecule has 2 heterocycles. The van der Waals surface area contributed by atoms with Crippen LogP contribution in [0.5, 0.6) is 0 Å². The van der Waals surface area contributed by atoms with Gasteiger partial charge >= 0.3 is 0 Å². The lowest BCUT2D eigenvalue weighted by Gasteiger charge is -2.40. The molecule has 2 rings (SSSR count). The molecule has 0 aliphatic carbocycles. The van der Waals surface area contributed by atoms with E-state index in [4.69, 9.17) is 11.6 Å². The molecule has 1 aromatic heterocycles. The van der Waals surface area contributed by atoms with E-state index >= 15 is 0 Å². The Bertz CT molecular complexity index is 418. The summed E-state index contributed by atoms with van der Waals surface area (Å²) in [6.07, 6.45) is 4.59. The fourth-order valence-corrected chi connectivity index (χ4v) is 3.81. The van der Waals surface area contributed by atoms with E-state index in [0.717, 1.165) is 30.7 Å². The lowest BCUT2D eigenvalue weighted by molar-refractivity contribution is 0.0502. The number of rotatable bonds is 3. The minimum atomic E-state index is 0.164. The van der Waals surface area contributed by atoms with Gasteiger partial charge in [-0.25, -0.2) is 0 Å². The molecule has 2 atom stereocenters. The van der Waals surface area contributed by atoms with Gasteiger partial charge in [-0.1, -0.05) is 31.9 Å². The van der Waals surface area contributed by atoms with Gasteiger partial charge in [0.15, 0.2) is 0 Å². The molecule has 1 aromatic rings. The van der Waals surface area contributed by atoms with Crippen molar-refractivity contribution in [3.05, 3.63) is 21.3 Å². The summed E-state index contributed by atoms with van der Waals surface area (Å²) < 4.78 is 0.690. The first-order valence-corrected chi connectivity index (χ1v) is 7.89. The second-order valence-electron chi connectivity index (χ2n) is 5.08. The molecule has 0 aromatic carbocycles. The summed E-state index contributed by atoms with van der Waals surface area (Å²) in [4.78, 5) is 15.4. The largest absolute Gasteiger partial charge is 0.335 e. The van der Waals surface area contributed by atoms with E-state index in [2.05, 4.69) is 18.7 Å². The van der Waals surface area contributed by atoms with Crippen molar-refractivity contribution >= 4 is 28.8 Å². The van der Waals surface area contributed by atoms with E-state index in [-0.39, 0.29) is 5.91 Å². The van der Waals surface area contributed by atoms with E-state index in [0.29, 0.717) is 16.3 Å². The average molecular weight is 286 g/mol. The van der Waals surface area contributed by atoms with Crippen molar-refractivity contribution in [2.24, 2.45) is 5.92 Å². The fourth-order valence-electron chi connectivity index (χ4n) is 2.81. The standard InChI is InChI=1S/C14H20ClNOS/c1-3-5-11-10(2)6-4-9-16(11)14(17)12-7-8-13(15)18-12/h7-8,10-11H,3-6,9H2,1-2H3/t10-,11-/m1/s1. The van der Waals surface area contributed by atoms with Crippen LogP contribution in [0.1, 0.15) is 49.2 Å². The predicted octanol–water partition coefficient (Wildman–Crippen LogP) is 4.44. The summed E-state index contributed by atoms with van der Waals surface area (Å²) in [7, 11) is 0. The zero-order valence-electron chi connectivity index (χ0n) is 11.0. The highest BCUT2D eigenvalue weighted by molar-refractivity contribution is 7.17. The Kier molecular flexibility index (Phi) is 4.68. The monoisotopic (exact) mass is 285 g/mol. The van der Waals surface area contributed by atoms with Crippen LogP contribution < -0.4 is 0 Å². The number of hydrogen-bond donors (Lipinski definition) is 0. The van der Waals surface area contributed by atoms with Crippen molar-refractivity contribution in [3.8, 4) is 0 Å².